The molecule has 0 saturated heterocycles. The second kappa shape index (κ2) is 6.00. The van der Waals surface area contributed by atoms with Crippen LogP contribution >= 0.6 is 11.8 Å². The lowest BCUT2D eigenvalue weighted by molar-refractivity contribution is -0.0976. The predicted molar refractivity (Wildman–Crippen MR) is 79.8 cm³/mol. The van der Waals surface area contributed by atoms with Crippen LogP contribution in [0.15, 0.2) is 23.1 Å². The van der Waals surface area contributed by atoms with Crippen molar-refractivity contribution in [2.45, 2.75) is 54.2 Å². The van der Waals surface area contributed by atoms with E-state index in [9.17, 15) is 32.2 Å². The first-order valence-electron chi connectivity index (χ1n) is 7.45. The number of allylic oxidation sites excluding steroid dienone is 1. The highest BCUT2D eigenvalue weighted by Gasteiger charge is 2.50. The van der Waals surface area contributed by atoms with Crippen molar-refractivity contribution in [1.82, 2.24) is 0 Å². The summed E-state index contributed by atoms with van der Waals surface area (Å²) in [6.07, 6.45) is -0.424. The molecule has 1 aromatic rings. The Morgan fingerprint density at radius 3 is 2.50 bits per heavy atom. The molecule has 2 aliphatic rings. The van der Waals surface area contributed by atoms with Gasteiger partial charge in [0.1, 0.15) is 6.10 Å². The Hall–Kier alpha value is -1.12. The van der Waals surface area contributed by atoms with Gasteiger partial charge in [0.25, 0.3) is 5.92 Å². The summed E-state index contributed by atoms with van der Waals surface area (Å²) in [6, 6.07) is 2.50. The third kappa shape index (κ3) is 3.32. The van der Waals surface area contributed by atoms with E-state index in [1.165, 1.54) is 6.07 Å². The van der Waals surface area contributed by atoms with Crippen molar-refractivity contribution in [2.75, 3.05) is 0 Å². The van der Waals surface area contributed by atoms with Crippen molar-refractivity contribution in [2.24, 2.45) is 0 Å². The molecule has 24 heavy (non-hydrogen) atoms. The van der Waals surface area contributed by atoms with Gasteiger partial charge in [-0.3, -0.25) is 0 Å². The Labute approximate surface area is 139 Å². The molecule has 0 spiro atoms. The summed E-state index contributed by atoms with van der Waals surface area (Å²) in [5, 5.41) is 19.6. The van der Waals surface area contributed by atoms with E-state index in [2.05, 4.69) is 0 Å². The van der Waals surface area contributed by atoms with Crippen molar-refractivity contribution in [3.63, 3.8) is 0 Å². The highest BCUT2D eigenvalue weighted by atomic mass is 32.2. The molecular formula is C16H15F5O2S. The Bertz CT molecular complexity index is 684. The number of aliphatic hydroxyl groups is 2. The quantitative estimate of drug-likeness (QED) is 0.600. The zero-order valence-electron chi connectivity index (χ0n) is 12.4. The second-order valence-corrected chi connectivity index (χ2v) is 7.15. The smallest absolute Gasteiger partial charge is 0.389 e. The largest absolute Gasteiger partial charge is 0.446 e. The van der Waals surface area contributed by atoms with Crippen LogP contribution in [-0.2, 0) is 6.42 Å². The normalized spacial score (nSPS) is 26.2. The number of hydrogen-bond donors (Lipinski definition) is 2. The summed E-state index contributed by atoms with van der Waals surface area (Å²) < 4.78 is 66.0. The van der Waals surface area contributed by atoms with Gasteiger partial charge < -0.3 is 10.2 Å². The highest BCUT2D eigenvalue weighted by molar-refractivity contribution is 8.00. The fourth-order valence-corrected chi connectivity index (χ4v) is 4.05. The average Bonchev–Trinajstić information content (AvgIpc) is 2.68. The monoisotopic (exact) mass is 366 g/mol. The van der Waals surface area contributed by atoms with Gasteiger partial charge in [-0.2, -0.15) is 13.2 Å². The van der Waals surface area contributed by atoms with Crippen LogP contribution in [0.3, 0.4) is 0 Å². The van der Waals surface area contributed by atoms with Gasteiger partial charge in [-0.05, 0) is 53.8 Å². The van der Waals surface area contributed by atoms with E-state index in [4.69, 9.17) is 0 Å². The molecule has 2 aliphatic carbocycles. The molecule has 3 rings (SSSR count). The minimum atomic E-state index is -4.63. The summed E-state index contributed by atoms with van der Waals surface area (Å²) in [5.74, 6) is -3.51. The van der Waals surface area contributed by atoms with Gasteiger partial charge in [0, 0.05) is 16.9 Å². The Morgan fingerprint density at radius 2 is 1.88 bits per heavy atom. The number of hydrogen-bond acceptors (Lipinski definition) is 3. The topological polar surface area (TPSA) is 40.5 Å². The first-order valence-corrected chi connectivity index (χ1v) is 8.27. The number of thioether (sulfide) groups is 1. The van der Waals surface area contributed by atoms with E-state index in [1.54, 1.807) is 6.08 Å². The van der Waals surface area contributed by atoms with Crippen LogP contribution in [0.4, 0.5) is 22.0 Å². The first-order chi connectivity index (χ1) is 11.1. The van der Waals surface area contributed by atoms with Crippen LogP contribution in [0.1, 0.15) is 42.1 Å². The molecule has 0 heterocycles. The number of benzene rings is 1. The lowest BCUT2D eigenvalue weighted by Gasteiger charge is -2.21. The van der Waals surface area contributed by atoms with Crippen molar-refractivity contribution < 1.29 is 32.2 Å². The van der Waals surface area contributed by atoms with Gasteiger partial charge in [0.05, 0.1) is 6.10 Å². The average molecular weight is 366 g/mol. The van der Waals surface area contributed by atoms with E-state index < -0.39 is 46.7 Å². The lowest BCUT2D eigenvalue weighted by atomic mass is 9.88. The number of rotatable bonds is 2. The van der Waals surface area contributed by atoms with Crippen LogP contribution < -0.4 is 0 Å². The molecule has 0 aromatic heterocycles. The van der Waals surface area contributed by atoms with Crippen LogP contribution in [-0.4, -0.2) is 27.7 Å². The number of alkyl halides is 5. The minimum Gasteiger partial charge on any atom is -0.389 e. The van der Waals surface area contributed by atoms with Gasteiger partial charge >= 0.3 is 5.51 Å². The Kier molecular flexibility index (Phi) is 4.42. The zero-order chi connectivity index (χ0) is 17.7. The van der Waals surface area contributed by atoms with Crippen LogP contribution in [0.5, 0.6) is 0 Å². The van der Waals surface area contributed by atoms with Gasteiger partial charge in [-0.1, -0.05) is 12.1 Å². The molecule has 0 amide bonds. The standard InChI is InChI=1S/C16H15F5O2S/c17-15(18)7-11-10(8-2-1-3-9(22)6-8)4-5-12(13(11)14(15)23)24-16(19,20)21/h4-6,9,14,22-23H,1-3,7H2/t9?,14-/m0/s1. The molecule has 132 valence electrons. The molecular weight excluding hydrogens is 351 g/mol. The molecule has 2 atom stereocenters. The van der Waals surface area contributed by atoms with Crippen molar-refractivity contribution in [3.8, 4) is 0 Å². The lowest BCUT2D eigenvalue weighted by Crippen LogP contribution is -2.21. The molecule has 0 fully saturated rings. The van der Waals surface area contributed by atoms with Crippen molar-refractivity contribution >= 4 is 17.3 Å². The van der Waals surface area contributed by atoms with Crippen molar-refractivity contribution in [1.29, 1.82) is 0 Å². The summed E-state index contributed by atoms with van der Waals surface area (Å²) in [7, 11) is 0. The van der Waals surface area contributed by atoms with E-state index in [1.807, 2.05) is 0 Å². The van der Waals surface area contributed by atoms with Crippen molar-refractivity contribution in [3.05, 3.63) is 34.9 Å². The van der Waals surface area contributed by atoms with Crippen LogP contribution in [0.2, 0.25) is 0 Å². The molecule has 2 N–H and O–H groups in total. The van der Waals surface area contributed by atoms with Crippen LogP contribution in [0, 0.1) is 0 Å². The zero-order valence-corrected chi connectivity index (χ0v) is 13.2. The number of fused-ring (bicyclic) bond motifs is 1. The fourth-order valence-electron chi connectivity index (χ4n) is 3.32. The molecule has 0 aliphatic heterocycles. The maximum Gasteiger partial charge on any atom is 0.446 e. The fraction of sp³-hybridized carbons (Fsp3) is 0.500. The summed E-state index contributed by atoms with van der Waals surface area (Å²) in [6.45, 7) is 0. The Balaban J connectivity index is 2.12. The van der Waals surface area contributed by atoms with E-state index in [0.29, 0.717) is 30.4 Å². The summed E-state index contributed by atoms with van der Waals surface area (Å²) in [4.78, 5) is -0.400. The summed E-state index contributed by atoms with van der Waals surface area (Å²) >= 11 is -0.496. The predicted octanol–water partition coefficient (Wildman–Crippen LogP) is 4.45. The Morgan fingerprint density at radius 1 is 1.17 bits per heavy atom. The van der Waals surface area contributed by atoms with Crippen LogP contribution in [0.25, 0.3) is 5.57 Å². The third-order valence-corrected chi connectivity index (χ3v) is 5.12. The number of aliphatic hydroxyl groups excluding tert-OH is 2. The maximum absolute atomic E-state index is 14.0. The number of halogens is 5. The molecule has 1 unspecified atom stereocenters. The SMILES string of the molecule is OC1C=C(c2ccc(SC(F)(F)F)c3c2CC(F)(F)[C@H]3O)CCC1. The first kappa shape index (κ1) is 17.7. The molecule has 0 radical (unpaired) electrons. The summed E-state index contributed by atoms with van der Waals surface area (Å²) in [5.41, 5.74) is -3.90. The molecule has 0 bridgehead atoms. The molecule has 8 heteroatoms. The highest BCUT2D eigenvalue weighted by Crippen LogP contribution is 2.52. The molecule has 2 nitrogen and oxygen atoms in total. The van der Waals surface area contributed by atoms with E-state index in [-0.39, 0.29) is 11.1 Å². The molecule has 0 saturated carbocycles. The van der Waals surface area contributed by atoms with E-state index >= 15 is 0 Å². The molecule has 1 aromatic carbocycles. The minimum absolute atomic E-state index is 0.0436. The van der Waals surface area contributed by atoms with E-state index in [0.717, 1.165) is 6.07 Å². The third-order valence-electron chi connectivity index (χ3n) is 4.31. The van der Waals surface area contributed by atoms with Gasteiger partial charge in [-0.15, -0.1) is 0 Å². The van der Waals surface area contributed by atoms with Gasteiger partial charge in [-0.25, -0.2) is 8.78 Å². The van der Waals surface area contributed by atoms with Gasteiger partial charge in [0.15, 0.2) is 0 Å². The second-order valence-electron chi connectivity index (χ2n) is 6.04. The maximum atomic E-state index is 14.0. The van der Waals surface area contributed by atoms with Gasteiger partial charge in [0.2, 0.25) is 0 Å².